The van der Waals surface area contributed by atoms with Crippen LogP contribution in [0.4, 0.5) is 0 Å². The number of fused-ring (bicyclic) bond motifs is 1. The maximum atomic E-state index is 9.94. The largest absolute Gasteiger partial charge is 0.391 e. The van der Waals surface area contributed by atoms with Crippen molar-refractivity contribution in [1.82, 2.24) is 4.98 Å². The molecule has 0 amide bonds. The molecule has 0 saturated carbocycles. The van der Waals surface area contributed by atoms with E-state index in [0.29, 0.717) is 0 Å². The van der Waals surface area contributed by atoms with Gasteiger partial charge in [0.05, 0.1) is 12.1 Å². The fraction of sp³-hybridized carbons (Fsp3) is 0.385. The van der Waals surface area contributed by atoms with Crippen LogP contribution in [0.2, 0.25) is 0 Å². The van der Waals surface area contributed by atoms with Crippen molar-refractivity contribution in [2.45, 2.75) is 26.0 Å². The topological polar surface area (TPSA) is 62.0 Å². The summed E-state index contributed by atoms with van der Waals surface area (Å²) in [5, 5.41) is 11.1. The summed E-state index contributed by atoms with van der Waals surface area (Å²) in [4.78, 5) is 3.15. The molecule has 1 heterocycles. The molecule has 0 aliphatic rings. The molecular weight excluding hydrogens is 236 g/mol. The molecule has 2 aromatic rings. The number of aromatic nitrogens is 1. The Labute approximate surface area is 107 Å². The first-order valence-corrected chi connectivity index (χ1v) is 5.60. The van der Waals surface area contributed by atoms with E-state index >= 15 is 0 Å². The standard InChI is InChI=1S/C13H18N2O.ClH/c1-8(2)13(16)12(14)10-4-3-9-5-6-15-11(9)7-10;/h3-8,12-13,15-16H,14H2,1-2H3;1H/t12-,13+;/m1./s1. The highest BCUT2D eigenvalue weighted by Gasteiger charge is 2.20. The zero-order valence-corrected chi connectivity index (χ0v) is 10.9. The number of rotatable bonds is 3. The van der Waals surface area contributed by atoms with Crippen molar-refractivity contribution in [2.24, 2.45) is 11.7 Å². The van der Waals surface area contributed by atoms with Gasteiger partial charge in [-0.1, -0.05) is 26.0 Å². The van der Waals surface area contributed by atoms with E-state index in [9.17, 15) is 5.11 Å². The SMILES string of the molecule is CC(C)[C@H](O)[C@H](N)c1ccc2cc[nH]c2c1.Cl. The van der Waals surface area contributed by atoms with E-state index in [2.05, 4.69) is 4.98 Å². The molecule has 0 radical (unpaired) electrons. The average molecular weight is 255 g/mol. The van der Waals surface area contributed by atoms with Crippen LogP contribution in [0, 0.1) is 5.92 Å². The number of benzene rings is 1. The van der Waals surface area contributed by atoms with Crippen molar-refractivity contribution in [3.8, 4) is 0 Å². The summed E-state index contributed by atoms with van der Waals surface area (Å²) in [6.07, 6.45) is 1.39. The minimum atomic E-state index is -0.507. The van der Waals surface area contributed by atoms with Gasteiger partial charge in [-0.25, -0.2) is 0 Å². The molecule has 0 bridgehead atoms. The van der Waals surface area contributed by atoms with Crippen LogP contribution in [-0.4, -0.2) is 16.2 Å². The Balaban J connectivity index is 0.00000144. The molecule has 1 aromatic heterocycles. The number of H-pyrrole nitrogens is 1. The summed E-state index contributed by atoms with van der Waals surface area (Å²) in [5.41, 5.74) is 8.06. The zero-order valence-electron chi connectivity index (χ0n) is 10.1. The summed E-state index contributed by atoms with van der Waals surface area (Å²) < 4.78 is 0. The fourth-order valence-corrected chi connectivity index (χ4v) is 1.88. The second-order valence-corrected chi connectivity index (χ2v) is 4.58. The van der Waals surface area contributed by atoms with Gasteiger partial charge in [-0.15, -0.1) is 12.4 Å². The van der Waals surface area contributed by atoms with E-state index in [1.807, 2.05) is 44.3 Å². The first-order chi connectivity index (χ1) is 7.59. The van der Waals surface area contributed by atoms with Crippen LogP contribution in [-0.2, 0) is 0 Å². The molecule has 1 aromatic carbocycles. The van der Waals surface area contributed by atoms with E-state index in [-0.39, 0.29) is 24.4 Å². The minimum Gasteiger partial charge on any atom is -0.391 e. The normalized spacial score (nSPS) is 14.6. The van der Waals surface area contributed by atoms with Gasteiger partial charge in [-0.05, 0) is 29.0 Å². The van der Waals surface area contributed by atoms with Gasteiger partial charge >= 0.3 is 0 Å². The summed E-state index contributed by atoms with van der Waals surface area (Å²) >= 11 is 0. The zero-order chi connectivity index (χ0) is 11.7. The number of halogens is 1. The smallest absolute Gasteiger partial charge is 0.0755 e. The molecule has 4 N–H and O–H groups in total. The lowest BCUT2D eigenvalue weighted by molar-refractivity contribution is 0.0980. The van der Waals surface area contributed by atoms with Crippen molar-refractivity contribution in [1.29, 1.82) is 0 Å². The van der Waals surface area contributed by atoms with Crippen molar-refractivity contribution in [2.75, 3.05) is 0 Å². The van der Waals surface area contributed by atoms with Gasteiger partial charge in [0.25, 0.3) is 0 Å². The van der Waals surface area contributed by atoms with Crippen molar-refractivity contribution in [3.63, 3.8) is 0 Å². The Bertz CT molecular complexity index is 481. The molecule has 0 saturated heterocycles. The number of hydrogen-bond acceptors (Lipinski definition) is 2. The summed E-state index contributed by atoms with van der Waals surface area (Å²) in [6.45, 7) is 3.94. The molecule has 2 atom stereocenters. The molecule has 4 heteroatoms. The highest BCUT2D eigenvalue weighted by molar-refractivity contribution is 5.85. The maximum Gasteiger partial charge on any atom is 0.0755 e. The highest BCUT2D eigenvalue weighted by Crippen LogP contribution is 2.23. The number of aliphatic hydroxyl groups excluding tert-OH is 1. The summed E-state index contributed by atoms with van der Waals surface area (Å²) in [6, 6.07) is 7.70. The number of aliphatic hydroxyl groups is 1. The van der Waals surface area contributed by atoms with Gasteiger partial charge in [-0.3, -0.25) is 0 Å². The molecular formula is C13H19ClN2O. The van der Waals surface area contributed by atoms with Crippen molar-refractivity contribution in [3.05, 3.63) is 36.0 Å². The number of nitrogens with two attached hydrogens (primary N) is 1. The van der Waals surface area contributed by atoms with Gasteiger partial charge in [0.15, 0.2) is 0 Å². The monoisotopic (exact) mass is 254 g/mol. The van der Waals surface area contributed by atoms with Crippen LogP contribution in [0.25, 0.3) is 10.9 Å². The van der Waals surface area contributed by atoms with E-state index in [4.69, 9.17) is 5.73 Å². The lowest BCUT2D eigenvalue weighted by Gasteiger charge is -2.22. The fourth-order valence-electron chi connectivity index (χ4n) is 1.88. The number of aromatic amines is 1. The average Bonchev–Trinajstić information content (AvgIpc) is 2.73. The summed E-state index contributed by atoms with van der Waals surface area (Å²) in [5.74, 6) is 0.161. The molecule has 2 rings (SSSR count). The highest BCUT2D eigenvalue weighted by atomic mass is 35.5. The first-order valence-electron chi connectivity index (χ1n) is 5.60. The van der Waals surface area contributed by atoms with E-state index in [0.717, 1.165) is 16.5 Å². The second-order valence-electron chi connectivity index (χ2n) is 4.58. The van der Waals surface area contributed by atoms with Gasteiger partial charge in [0.1, 0.15) is 0 Å². The number of hydrogen-bond donors (Lipinski definition) is 3. The molecule has 0 aliphatic heterocycles. The maximum absolute atomic E-state index is 9.94. The molecule has 0 spiro atoms. The molecule has 0 aliphatic carbocycles. The van der Waals surface area contributed by atoms with E-state index in [1.165, 1.54) is 0 Å². The molecule has 3 nitrogen and oxygen atoms in total. The van der Waals surface area contributed by atoms with Crippen molar-refractivity contribution >= 4 is 23.3 Å². The summed E-state index contributed by atoms with van der Waals surface area (Å²) in [7, 11) is 0. The third-order valence-corrected chi connectivity index (χ3v) is 3.01. The lowest BCUT2D eigenvalue weighted by Crippen LogP contribution is -2.30. The third-order valence-electron chi connectivity index (χ3n) is 3.01. The molecule has 0 unspecified atom stereocenters. The van der Waals surface area contributed by atoms with Crippen LogP contribution in [0.1, 0.15) is 25.5 Å². The van der Waals surface area contributed by atoms with Crippen LogP contribution in [0.5, 0.6) is 0 Å². The van der Waals surface area contributed by atoms with Crippen LogP contribution in [0.15, 0.2) is 30.5 Å². The Kier molecular flexibility index (Phi) is 4.57. The van der Waals surface area contributed by atoms with Gasteiger partial charge < -0.3 is 15.8 Å². The van der Waals surface area contributed by atoms with Crippen molar-refractivity contribution < 1.29 is 5.11 Å². The molecule has 17 heavy (non-hydrogen) atoms. The van der Waals surface area contributed by atoms with E-state index < -0.39 is 6.10 Å². The van der Waals surface area contributed by atoms with Gasteiger partial charge in [0, 0.05) is 11.7 Å². The number of nitrogens with one attached hydrogen (secondary N) is 1. The van der Waals surface area contributed by atoms with Gasteiger partial charge in [-0.2, -0.15) is 0 Å². The van der Waals surface area contributed by atoms with Crippen LogP contribution < -0.4 is 5.73 Å². The lowest BCUT2D eigenvalue weighted by atomic mass is 9.94. The van der Waals surface area contributed by atoms with Crippen LogP contribution >= 0.6 is 12.4 Å². The Morgan fingerprint density at radius 3 is 2.59 bits per heavy atom. The first kappa shape index (κ1) is 14.0. The van der Waals surface area contributed by atoms with Gasteiger partial charge in [0.2, 0.25) is 0 Å². The predicted molar refractivity (Wildman–Crippen MR) is 73.3 cm³/mol. The Morgan fingerprint density at radius 2 is 1.94 bits per heavy atom. The molecule has 0 fully saturated rings. The molecule has 94 valence electrons. The second kappa shape index (κ2) is 5.54. The Morgan fingerprint density at radius 1 is 1.24 bits per heavy atom. The van der Waals surface area contributed by atoms with Crippen LogP contribution in [0.3, 0.4) is 0 Å². The Hall–Kier alpha value is -1.03. The van der Waals surface area contributed by atoms with E-state index in [1.54, 1.807) is 0 Å². The predicted octanol–water partition coefficient (Wildman–Crippen LogP) is 2.61. The quantitative estimate of drug-likeness (QED) is 0.789. The minimum absolute atomic E-state index is 0. The third kappa shape index (κ3) is 2.80.